The minimum absolute atomic E-state index is 0.219. The number of para-hydroxylation sites is 2. The molecule has 4 aromatic rings. The highest BCUT2D eigenvalue weighted by Crippen LogP contribution is 2.23. The van der Waals surface area contributed by atoms with E-state index in [1.807, 2.05) is 54.6 Å². The number of aromatic nitrogens is 3. The van der Waals surface area contributed by atoms with E-state index in [1.54, 1.807) is 13.3 Å². The van der Waals surface area contributed by atoms with Crippen molar-refractivity contribution < 1.29 is 9.53 Å². The number of fused-ring (bicyclic) bond motifs is 1. The highest BCUT2D eigenvalue weighted by Gasteiger charge is 2.09. The standard InChI is InChI=1S/C23H21N5O2/c1-30-20-10-3-2-6-16(20)11-13-25-22(29)18-14-26-23(27-15-18)28-19-9-4-7-17-8-5-12-24-21(17)19/h2-10,12,14-15H,11,13H2,1H3,(H,25,29)(H,26,27,28). The van der Waals surface area contributed by atoms with Crippen LogP contribution in [0.5, 0.6) is 5.75 Å². The van der Waals surface area contributed by atoms with Crippen LogP contribution in [-0.2, 0) is 6.42 Å². The average Bonchev–Trinajstić information content (AvgIpc) is 2.80. The van der Waals surface area contributed by atoms with Crippen molar-refractivity contribution in [2.45, 2.75) is 6.42 Å². The molecule has 0 atom stereocenters. The van der Waals surface area contributed by atoms with Crippen molar-refractivity contribution in [2.75, 3.05) is 19.0 Å². The SMILES string of the molecule is COc1ccccc1CCNC(=O)c1cnc(Nc2cccc3cccnc23)nc1. The number of pyridine rings is 1. The molecule has 0 aliphatic carbocycles. The summed E-state index contributed by atoms with van der Waals surface area (Å²) in [6.07, 6.45) is 5.43. The molecule has 4 rings (SSSR count). The summed E-state index contributed by atoms with van der Waals surface area (Å²) in [6, 6.07) is 17.5. The number of nitrogens with zero attached hydrogens (tertiary/aromatic N) is 3. The van der Waals surface area contributed by atoms with Crippen molar-refractivity contribution in [3.05, 3.63) is 84.3 Å². The Morgan fingerprint density at radius 1 is 0.967 bits per heavy atom. The topological polar surface area (TPSA) is 89.0 Å². The summed E-state index contributed by atoms with van der Waals surface area (Å²) in [5.74, 6) is 0.996. The van der Waals surface area contributed by atoms with Gasteiger partial charge in [0, 0.05) is 30.5 Å². The Balaban J connectivity index is 1.37. The van der Waals surface area contributed by atoms with Crippen molar-refractivity contribution >= 4 is 28.4 Å². The van der Waals surface area contributed by atoms with Gasteiger partial charge in [-0.2, -0.15) is 0 Å². The smallest absolute Gasteiger partial charge is 0.254 e. The summed E-state index contributed by atoms with van der Waals surface area (Å²) in [5, 5.41) is 7.07. The molecule has 150 valence electrons. The van der Waals surface area contributed by atoms with Gasteiger partial charge in [-0.15, -0.1) is 0 Å². The fraction of sp³-hybridized carbons (Fsp3) is 0.130. The van der Waals surface area contributed by atoms with E-state index in [0.717, 1.165) is 27.9 Å². The van der Waals surface area contributed by atoms with Crippen molar-refractivity contribution in [1.29, 1.82) is 0 Å². The maximum atomic E-state index is 12.4. The molecule has 2 aromatic heterocycles. The monoisotopic (exact) mass is 399 g/mol. The Hall–Kier alpha value is -4.00. The summed E-state index contributed by atoms with van der Waals surface area (Å²) < 4.78 is 5.33. The molecular weight excluding hydrogens is 378 g/mol. The Bertz CT molecular complexity index is 1160. The van der Waals surface area contributed by atoms with Crippen LogP contribution in [-0.4, -0.2) is 34.5 Å². The zero-order valence-electron chi connectivity index (χ0n) is 16.5. The van der Waals surface area contributed by atoms with E-state index in [4.69, 9.17) is 4.74 Å². The highest BCUT2D eigenvalue weighted by molar-refractivity contribution is 5.94. The van der Waals surface area contributed by atoms with E-state index < -0.39 is 0 Å². The van der Waals surface area contributed by atoms with Gasteiger partial charge in [-0.05, 0) is 30.2 Å². The molecule has 0 saturated heterocycles. The van der Waals surface area contributed by atoms with E-state index in [1.165, 1.54) is 12.4 Å². The molecule has 0 spiro atoms. The van der Waals surface area contributed by atoms with Crippen molar-refractivity contribution in [1.82, 2.24) is 20.3 Å². The number of methoxy groups -OCH3 is 1. The third-order valence-corrected chi connectivity index (χ3v) is 4.67. The number of rotatable bonds is 7. The number of benzene rings is 2. The summed E-state index contributed by atoms with van der Waals surface area (Å²) in [5.41, 5.74) is 3.08. The summed E-state index contributed by atoms with van der Waals surface area (Å²) >= 11 is 0. The van der Waals surface area contributed by atoms with Crippen LogP contribution in [0.3, 0.4) is 0 Å². The summed E-state index contributed by atoms with van der Waals surface area (Å²) in [6.45, 7) is 0.487. The zero-order chi connectivity index (χ0) is 20.8. The highest BCUT2D eigenvalue weighted by atomic mass is 16.5. The molecule has 7 nitrogen and oxygen atoms in total. The molecule has 0 fully saturated rings. The number of carbonyl (C=O) groups is 1. The first kappa shape index (κ1) is 19.3. The van der Waals surface area contributed by atoms with Gasteiger partial charge >= 0.3 is 0 Å². The second-order valence-corrected chi connectivity index (χ2v) is 6.62. The fourth-order valence-corrected chi connectivity index (χ4v) is 3.16. The maximum Gasteiger partial charge on any atom is 0.254 e. The number of carbonyl (C=O) groups excluding carboxylic acids is 1. The predicted octanol–water partition coefficient (Wildman–Crippen LogP) is 3.75. The Kier molecular flexibility index (Phi) is 5.80. The number of hydrogen-bond donors (Lipinski definition) is 2. The van der Waals surface area contributed by atoms with Gasteiger partial charge in [-0.1, -0.05) is 36.4 Å². The van der Waals surface area contributed by atoms with Crippen molar-refractivity contribution in [3.63, 3.8) is 0 Å². The van der Waals surface area contributed by atoms with Gasteiger partial charge in [0.15, 0.2) is 0 Å². The van der Waals surface area contributed by atoms with Crippen molar-refractivity contribution in [2.24, 2.45) is 0 Å². The van der Waals surface area contributed by atoms with Gasteiger partial charge in [-0.25, -0.2) is 9.97 Å². The zero-order valence-corrected chi connectivity index (χ0v) is 16.5. The predicted molar refractivity (Wildman–Crippen MR) is 116 cm³/mol. The number of amides is 1. The molecule has 0 unspecified atom stereocenters. The third kappa shape index (κ3) is 4.35. The average molecular weight is 399 g/mol. The van der Waals surface area contributed by atoms with Gasteiger partial charge in [0.2, 0.25) is 5.95 Å². The molecule has 7 heteroatoms. The second kappa shape index (κ2) is 9.00. The quantitative estimate of drug-likeness (QED) is 0.492. The van der Waals surface area contributed by atoms with Crippen LogP contribution in [0, 0.1) is 0 Å². The molecule has 2 heterocycles. The van der Waals surface area contributed by atoms with Gasteiger partial charge in [0.05, 0.1) is 23.9 Å². The number of ether oxygens (including phenoxy) is 1. The molecule has 0 aliphatic rings. The van der Waals surface area contributed by atoms with Gasteiger partial charge in [0.25, 0.3) is 5.91 Å². The molecule has 30 heavy (non-hydrogen) atoms. The van der Waals surface area contributed by atoms with Crippen molar-refractivity contribution in [3.8, 4) is 5.75 Å². The molecule has 0 bridgehead atoms. The van der Waals surface area contributed by atoms with Crippen LogP contribution in [0.4, 0.5) is 11.6 Å². The van der Waals surface area contributed by atoms with Gasteiger partial charge < -0.3 is 15.4 Å². The van der Waals surface area contributed by atoms with Crippen LogP contribution < -0.4 is 15.4 Å². The molecular formula is C23H21N5O2. The number of nitrogens with one attached hydrogen (secondary N) is 2. The largest absolute Gasteiger partial charge is 0.496 e. The van der Waals surface area contributed by atoms with Crippen LogP contribution in [0.15, 0.2) is 73.2 Å². The van der Waals surface area contributed by atoms with Gasteiger partial charge in [-0.3, -0.25) is 9.78 Å². The lowest BCUT2D eigenvalue weighted by molar-refractivity contribution is 0.0953. The lowest BCUT2D eigenvalue weighted by Crippen LogP contribution is -2.26. The Morgan fingerprint density at radius 2 is 1.77 bits per heavy atom. The normalized spacial score (nSPS) is 10.6. The van der Waals surface area contributed by atoms with E-state index in [2.05, 4.69) is 25.6 Å². The first-order chi connectivity index (χ1) is 14.7. The summed E-state index contributed by atoms with van der Waals surface area (Å²) in [4.78, 5) is 25.3. The molecule has 0 aliphatic heterocycles. The Morgan fingerprint density at radius 3 is 2.60 bits per heavy atom. The number of anilines is 2. The van der Waals surface area contributed by atoms with Gasteiger partial charge in [0.1, 0.15) is 5.75 Å². The van der Waals surface area contributed by atoms with E-state index in [-0.39, 0.29) is 5.91 Å². The summed E-state index contributed by atoms with van der Waals surface area (Å²) in [7, 11) is 1.64. The minimum atomic E-state index is -0.219. The first-order valence-electron chi connectivity index (χ1n) is 9.57. The maximum absolute atomic E-state index is 12.4. The van der Waals surface area contributed by atoms with Crippen LogP contribution >= 0.6 is 0 Å². The lowest BCUT2D eigenvalue weighted by atomic mass is 10.1. The lowest BCUT2D eigenvalue weighted by Gasteiger charge is -2.10. The van der Waals surface area contributed by atoms with E-state index in [0.29, 0.717) is 24.5 Å². The molecule has 1 amide bonds. The Labute approximate surface area is 174 Å². The first-order valence-corrected chi connectivity index (χ1v) is 9.57. The third-order valence-electron chi connectivity index (χ3n) is 4.67. The van der Waals surface area contributed by atoms with E-state index in [9.17, 15) is 4.79 Å². The van der Waals surface area contributed by atoms with Crippen LogP contribution in [0.2, 0.25) is 0 Å². The molecule has 0 radical (unpaired) electrons. The molecule has 2 aromatic carbocycles. The van der Waals surface area contributed by atoms with Crippen LogP contribution in [0.1, 0.15) is 15.9 Å². The van der Waals surface area contributed by atoms with E-state index >= 15 is 0 Å². The fourth-order valence-electron chi connectivity index (χ4n) is 3.16. The minimum Gasteiger partial charge on any atom is -0.496 e. The second-order valence-electron chi connectivity index (χ2n) is 6.62. The molecule has 0 saturated carbocycles. The van der Waals surface area contributed by atoms with Crippen LogP contribution in [0.25, 0.3) is 10.9 Å². The number of hydrogen-bond acceptors (Lipinski definition) is 6. The molecule has 2 N–H and O–H groups in total.